The average molecular weight is 356 g/mol. The molecule has 0 unspecified atom stereocenters. The second kappa shape index (κ2) is 7.19. The average Bonchev–Trinajstić information content (AvgIpc) is 3.26. The van der Waals surface area contributed by atoms with Gasteiger partial charge in [0.1, 0.15) is 5.75 Å². The number of thiophene rings is 1. The summed E-state index contributed by atoms with van der Waals surface area (Å²) >= 11 is 1.79. The molecule has 0 radical (unpaired) electrons. The highest BCUT2D eigenvalue weighted by Gasteiger charge is 2.39. The van der Waals surface area contributed by atoms with Crippen molar-refractivity contribution in [3.8, 4) is 5.75 Å². The summed E-state index contributed by atoms with van der Waals surface area (Å²) < 4.78 is 5.39. The van der Waals surface area contributed by atoms with Gasteiger partial charge in [-0.1, -0.05) is 78.9 Å². The molecule has 128 valence electrons. The van der Waals surface area contributed by atoms with Crippen molar-refractivity contribution in [1.82, 2.24) is 0 Å². The smallest absolute Gasteiger partial charge is 0.118 e. The van der Waals surface area contributed by atoms with Gasteiger partial charge in [-0.05, 0) is 40.3 Å². The first kappa shape index (κ1) is 16.6. The molecule has 0 spiro atoms. The Labute approximate surface area is 158 Å². The fourth-order valence-electron chi connectivity index (χ4n) is 3.64. The maximum absolute atomic E-state index is 5.39. The minimum absolute atomic E-state index is 0.344. The number of ether oxygens (including phenoxy) is 1. The molecule has 0 bridgehead atoms. The third-order valence-electron chi connectivity index (χ3n) is 4.83. The van der Waals surface area contributed by atoms with Crippen LogP contribution in [0.25, 0.3) is 0 Å². The van der Waals surface area contributed by atoms with Gasteiger partial charge in [-0.3, -0.25) is 0 Å². The molecule has 2 heteroatoms. The first-order valence-corrected chi connectivity index (χ1v) is 9.53. The normalized spacial score (nSPS) is 11.3. The van der Waals surface area contributed by atoms with Gasteiger partial charge >= 0.3 is 0 Å². The van der Waals surface area contributed by atoms with E-state index in [1.807, 2.05) is 12.1 Å². The summed E-state index contributed by atoms with van der Waals surface area (Å²) in [5.41, 5.74) is 3.42. The molecule has 0 fully saturated rings. The van der Waals surface area contributed by atoms with Gasteiger partial charge in [-0.2, -0.15) is 0 Å². The monoisotopic (exact) mass is 356 g/mol. The zero-order valence-corrected chi connectivity index (χ0v) is 15.4. The lowest BCUT2D eigenvalue weighted by atomic mass is 9.68. The van der Waals surface area contributed by atoms with Crippen molar-refractivity contribution in [1.29, 1.82) is 0 Å². The van der Waals surface area contributed by atoms with Crippen LogP contribution in [0, 0.1) is 0 Å². The molecule has 0 atom stereocenters. The maximum Gasteiger partial charge on any atom is 0.118 e. The summed E-state index contributed by atoms with van der Waals surface area (Å²) in [4.78, 5) is 1.31. The molecular weight excluding hydrogens is 336 g/mol. The van der Waals surface area contributed by atoms with E-state index in [1.54, 1.807) is 18.4 Å². The Hall–Kier alpha value is -2.84. The molecule has 0 saturated heterocycles. The zero-order valence-electron chi connectivity index (χ0n) is 14.6. The van der Waals surface area contributed by atoms with E-state index < -0.39 is 0 Å². The number of benzene rings is 3. The van der Waals surface area contributed by atoms with Crippen molar-refractivity contribution in [3.05, 3.63) is 124 Å². The van der Waals surface area contributed by atoms with E-state index in [9.17, 15) is 0 Å². The molecule has 0 aliphatic rings. The first-order valence-electron chi connectivity index (χ1n) is 8.65. The van der Waals surface area contributed by atoms with Crippen LogP contribution in [-0.2, 0) is 5.41 Å². The Morgan fingerprint density at radius 1 is 0.615 bits per heavy atom. The highest BCUT2D eigenvalue weighted by atomic mass is 32.1. The molecule has 0 N–H and O–H groups in total. The topological polar surface area (TPSA) is 9.23 Å². The predicted molar refractivity (Wildman–Crippen MR) is 109 cm³/mol. The number of rotatable bonds is 5. The van der Waals surface area contributed by atoms with E-state index in [2.05, 4.69) is 90.3 Å². The van der Waals surface area contributed by atoms with Crippen molar-refractivity contribution in [2.45, 2.75) is 5.41 Å². The van der Waals surface area contributed by atoms with E-state index in [4.69, 9.17) is 4.74 Å². The fourth-order valence-corrected chi connectivity index (χ4v) is 4.63. The van der Waals surface area contributed by atoms with Crippen LogP contribution in [-0.4, -0.2) is 7.11 Å². The summed E-state index contributed by atoms with van der Waals surface area (Å²) in [6.45, 7) is 0. The molecule has 1 heterocycles. The van der Waals surface area contributed by atoms with Crippen molar-refractivity contribution < 1.29 is 4.74 Å². The van der Waals surface area contributed by atoms with Crippen LogP contribution in [0.5, 0.6) is 5.75 Å². The van der Waals surface area contributed by atoms with Crippen LogP contribution < -0.4 is 4.74 Å². The standard InChI is InChI=1S/C24H20OS/c1-25-22-16-14-21(15-17-22)24(23-13-8-18-26-23,19-9-4-2-5-10-19)20-11-6-3-7-12-20/h2-18H,1H3. The van der Waals surface area contributed by atoms with Gasteiger partial charge in [0.15, 0.2) is 0 Å². The molecule has 1 aromatic heterocycles. The lowest BCUT2D eigenvalue weighted by Gasteiger charge is -2.35. The van der Waals surface area contributed by atoms with Gasteiger partial charge in [-0.25, -0.2) is 0 Å². The van der Waals surface area contributed by atoms with Gasteiger partial charge in [0.25, 0.3) is 0 Å². The quantitative estimate of drug-likeness (QED) is 0.390. The highest BCUT2D eigenvalue weighted by molar-refractivity contribution is 7.10. The van der Waals surface area contributed by atoms with Gasteiger partial charge in [0.2, 0.25) is 0 Å². The van der Waals surface area contributed by atoms with E-state index in [-0.39, 0.29) is 5.41 Å². The highest BCUT2D eigenvalue weighted by Crippen LogP contribution is 2.46. The molecule has 4 rings (SSSR count). The van der Waals surface area contributed by atoms with E-state index in [0.717, 1.165) is 5.75 Å². The Morgan fingerprint density at radius 2 is 1.15 bits per heavy atom. The van der Waals surface area contributed by atoms with Crippen LogP contribution >= 0.6 is 11.3 Å². The summed E-state index contributed by atoms with van der Waals surface area (Å²) in [5, 5.41) is 2.15. The van der Waals surface area contributed by atoms with Gasteiger partial charge < -0.3 is 4.74 Å². The van der Waals surface area contributed by atoms with Crippen LogP contribution in [0.2, 0.25) is 0 Å². The maximum atomic E-state index is 5.39. The first-order chi connectivity index (χ1) is 12.9. The molecule has 1 nitrogen and oxygen atoms in total. The molecular formula is C24H20OS. The van der Waals surface area contributed by atoms with E-state index >= 15 is 0 Å². The van der Waals surface area contributed by atoms with Crippen molar-refractivity contribution in [3.63, 3.8) is 0 Å². The summed E-state index contributed by atoms with van der Waals surface area (Å²) in [7, 11) is 1.70. The lowest BCUT2D eigenvalue weighted by Crippen LogP contribution is -2.29. The Balaban J connectivity index is 2.07. The number of methoxy groups -OCH3 is 1. The second-order valence-corrected chi connectivity index (χ2v) is 7.14. The minimum Gasteiger partial charge on any atom is -0.497 e. The molecule has 26 heavy (non-hydrogen) atoms. The third kappa shape index (κ3) is 2.73. The Kier molecular flexibility index (Phi) is 4.59. The van der Waals surface area contributed by atoms with Crippen LogP contribution in [0.1, 0.15) is 21.6 Å². The van der Waals surface area contributed by atoms with Crippen LogP contribution in [0.4, 0.5) is 0 Å². The van der Waals surface area contributed by atoms with E-state index in [0.29, 0.717) is 0 Å². The van der Waals surface area contributed by atoms with Gasteiger partial charge in [0, 0.05) is 4.88 Å². The van der Waals surface area contributed by atoms with Crippen molar-refractivity contribution in [2.24, 2.45) is 0 Å². The molecule has 0 aliphatic carbocycles. The summed E-state index contributed by atoms with van der Waals surface area (Å²) in [6.07, 6.45) is 0. The Morgan fingerprint density at radius 3 is 1.62 bits per heavy atom. The van der Waals surface area contributed by atoms with Crippen LogP contribution in [0.3, 0.4) is 0 Å². The summed E-state index contributed by atoms with van der Waals surface area (Å²) in [6, 6.07) is 34.3. The molecule has 0 aliphatic heterocycles. The van der Waals surface area contributed by atoms with Gasteiger partial charge in [-0.15, -0.1) is 11.3 Å². The predicted octanol–water partition coefficient (Wildman–Crippen LogP) is 6.14. The van der Waals surface area contributed by atoms with Gasteiger partial charge in [0.05, 0.1) is 12.5 Å². The fraction of sp³-hybridized carbons (Fsp3) is 0.0833. The van der Waals surface area contributed by atoms with E-state index in [1.165, 1.54) is 21.6 Å². The van der Waals surface area contributed by atoms with Crippen molar-refractivity contribution in [2.75, 3.05) is 7.11 Å². The van der Waals surface area contributed by atoms with Crippen LogP contribution in [0.15, 0.2) is 102 Å². The molecule has 0 saturated carbocycles. The SMILES string of the molecule is COc1ccc(C(c2ccccc2)(c2ccccc2)c2cccs2)cc1. The zero-order chi connectivity index (χ0) is 17.8. The van der Waals surface area contributed by atoms with Crippen molar-refractivity contribution >= 4 is 11.3 Å². The molecule has 4 aromatic rings. The second-order valence-electron chi connectivity index (χ2n) is 6.19. The summed E-state index contributed by atoms with van der Waals surface area (Å²) in [5.74, 6) is 0.870. The lowest BCUT2D eigenvalue weighted by molar-refractivity contribution is 0.414. The third-order valence-corrected chi connectivity index (χ3v) is 5.82. The molecule has 0 amide bonds. The minimum atomic E-state index is -0.344. The molecule has 3 aromatic carbocycles. The number of hydrogen-bond donors (Lipinski definition) is 0. The Bertz CT molecular complexity index is 903. The number of hydrogen-bond acceptors (Lipinski definition) is 2. The largest absolute Gasteiger partial charge is 0.497 e.